The van der Waals surface area contributed by atoms with Gasteiger partial charge in [0.1, 0.15) is 11.5 Å². The van der Waals surface area contributed by atoms with Gasteiger partial charge < -0.3 is 4.74 Å². The van der Waals surface area contributed by atoms with Crippen molar-refractivity contribution in [2.24, 2.45) is 5.41 Å². The van der Waals surface area contributed by atoms with E-state index in [9.17, 15) is 4.79 Å². The number of hydrogen-bond donors (Lipinski definition) is 0. The molecule has 0 unspecified atom stereocenters. The molecule has 0 heterocycles. The molecule has 0 aromatic rings. The highest BCUT2D eigenvalue weighted by Crippen LogP contribution is 2.27. The maximum Gasteiger partial charge on any atom is 0.326 e. The minimum absolute atomic E-state index is 0.0927. The van der Waals surface area contributed by atoms with E-state index in [1.807, 2.05) is 6.07 Å². The molecule has 0 aromatic carbocycles. The van der Waals surface area contributed by atoms with Crippen molar-refractivity contribution in [1.82, 2.24) is 0 Å². The lowest BCUT2D eigenvalue weighted by Gasteiger charge is -2.12. The number of nitriles is 1. The Labute approximate surface area is 66.0 Å². The van der Waals surface area contributed by atoms with E-state index in [-0.39, 0.29) is 6.10 Å². The maximum absolute atomic E-state index is 11.1. The van der Waals surface area contributed by atoms with Crippen LogP contribution >= 0.6 is 0 Å². The SMILES string of the molecule is CC(C)(C#N)C(=O)OC1CC1. The van der Waals surface area contributed by atoms with Crippen LogP contribution in [0, 0.1) is 16.7 Å². The Morgan fingerprint density at radius 3 is 2.55 bits per heavy atom. The van der Waals surface area contributed by atoms with E-state index >= 15 is 0 Å². The zero-order valence-electron chi connectivity index (χ0n) is 6.76. The third-order valence-electron chi connectivity index (χ3n) is 1.59. The largest absolute Gasteiger partial charge is 0.461 e. The fraction of sp³-hybridized carbons (Fsp3) is 0.750. The van der Waals surface area contributed by atoms with Crippen molar-refractivity contribution >= 4 is 5.97 Å². The lowest BCUT2D eigenvalue weighted by molar-refractivity contribution is -0.152. The van der Waals surface area contributed by atoms with E-state index in [0.29, 0.717) is 0 Å². The quantitative estimate of drug-likeness (QED) is 0.561. The first-order valence-electron chi connectivity index (χ1n) is 3.68. The Kier molecular flexibility index (Phi) is 1.86. The van der Waals surface area contributed by atoms with Gasteiger partial charge in [0.05, 0.1) is 6.07 Å². The molecule has 0 saturated heterocycles. The standard InChI is InChI=1S/C8H11NO2/c1-8(2,5-9)7(10)11-6-3-4-6/h6H,3-4H2,1-2H3. The first-order valence-corrected chi connectivity index (χ1v) is 3.68. The average molecular weight is 153 g/mol. The van der Waals surface area contributed by atoms with E-state index in [1.54, 1.807) is 13.8 Å². The van der Waals surface area contributed by atoms with Crippen molar-refractivity contribution < 1.29 is 9.53 Å². The lowest BCUT2D eigenvalue weighted by Crippen LogP contribution is -2.25. The second-order valence-corrected chi connectivity index (χ2v) is 3.34. The summed E-state index contributed by atoms with van der Waals surface area (Å²) < 4.78 is 4.96. The van der Waals surface area contributed by atoms with Crippen molar-refractivity contribution in [1.29, 1.82) is 5.26 Å². The minimum atomic E-state index is -0.984. The predicted molar refractivity (Wildman–Crippen MR) is 38.5 cm³/mol. The number of carbonyl (C=O) groups is 1. The van der Waals surface area contributed by atoms with Crippen molar-refractivity contribution in [3.8, 4) is 6.07 Å². The number of rotatable bonds is 2. The van der Waals surface area contributed by atoms with Crippen LogP contribution in [-0.4, -0.2) is 12.1 Å². The average Bonchev–Trinajstić information content (AvgIpc) is 2.72. The van der Waals surface area contributed by atoms with Crippen molar-refractivity contribution in [3.05, 3.63) is 0 Å². The van der Waals surface area contributed by atoms with Gasteiger partial charge in [0, 0.05) is 0 Å². The summed E-state index contributed by atoms with van der Waals surface area (Å²) in [6.07, 6.45) is 2.00. The third-order valence-corrected chi connectivity index (χ3v) is 1.59. The molecule has 0 aliphatic heterocycles. The fourth-order valence-corrected chi connectivity index (χ4v) is 0.530. The molecule has 0 aromatic heterocycles. The highest BCUT2D eigenvalue weighted by atomic mass is 16.5. The Hall–Kier alpha value is -1.04. The van der Waals surface area contributed by atoms with Gasteiger partial charge in [0.25, 0.3) is 0 Å². The maximum atomic E-state index is 11.1. The predicted octanol–water partition coefficient (Wildman–Crippen LogP) is 1.24. The van der Waals surface area contributed by atoms with Gasteiger partial charge in [0.2, 0.25) is 0 Å². The van der Waals surface area contributed by atoms with Crippen molar-refractivity contribution in [2.75, 3.05) is 0 Å². The lowest BCUT2D eigenvalue weighted by atomic mass is 9.96. The van der Waals surface area contributed by atoms with Crippen molar-refractivity contribution in [3.63, 3.8) is 0 Å². The molecular weight excluding hydrogens is 142 g/mol. The molecule has 1 fully saturated rings. The number of ether oxygens (including phenoxy) is 1. The smallest absolute Gasteiger partial charge is 0.326 e. The molecule has 0 bridgehead atoms. The number of hydrogen-bond acceptors (Lipinski definition) is 3. The molecule has 3 nitrogen and oxygen atoms in total. The van der Waals surface area contributed by atoms with Gasteiger partial charge in [-0.2, -0.15) is 5.26 Å². The Bertz CT molecular complexity index is 211. The van der Waals surface area contributed by atoms with Crippen LogP contribution in [-0.2, 0) is 9.53 Å². The fourth-order valence-electron chi connectivity index (χ4n) is 0.530. The van der Waals surface area contributed by atoms with Gasteiger partial charge >= 0.3 is 5.97 Å². The minimum Gasteiger partial charge on any atom is -0.461 e. The number of esters is 1. The van der Waals surface area contributed by atoms with Crippen LogP contribution in [0.3, 0.4) is 0 Å². The molecule has 3 heteroatoms. The molecule has 0 amide bonds. The zero-order chi connectivity index (χ0) is 8.48. The third kappa shape index (κ3) is 1.94. The van der Waals surface area contributed by atoms with E-state index in [0.717, 1.165) is 12.8 Å². The summed E-state index contributed by atoms with van der Waals surface area (Å²) >= 11 is 0. The molecule has 0 atom stereocenters. The summed E-state index contributed by atoms with van der Waals surface area (Å²) in [5, 5.41) is 8.55. The normalized spacial score (nSPS) is 17.2. The van der Waals surface area contributed by atoms with Crippen LogP contribution in [0.1, 0.15) is 26.7 Å². The second-order valence-electron chi connectivity index (χ2n) is 3.34. The molecular formula is C8H11NO2. The topological polar surface area (TPSA) is 50.1 Å². The highest BCUT2D eigenvalue weighted by Gasteiger charge is 2.34. The monoisotopic (exact) mass is 153 g/mol. The van der Waals surface area contributed by atoms with Gasteiger partial charge in [-0.25, -0.2) is 0 Å². The van der Waals surface area contributed by atoms with Gasteiger partial charge in [-0.1, -0.05) is 0 Å². The van der Waals surface area contributed by atoms with E-state index in [2.05, 4.69) is 0 Å². The summed E-state index contributed by atoms with van der Waals surface area (Å²) in [4.78, 5) is 11.1. The van der Waals surface area contributed by atoms with Crippen LogP contribution in [0.4, 0.5) is 0 Å². The van der Waals surface area contributed by atoms with Gasteiger partial charge in [-0.15, -0.1) is 0 Å². The van der Waals surface area contributed by atoms with Gasteiger partial charge in [-0.3, -0.25) is 4.79 Å². The summed E-state index contributed by atoms with van der Waals surface area (Å²) in [5.74, 6) is -0.400. The molecule has 60 valence electrons. The van der Waals surface area contributed by atoms with Crippen molar-refractivity contribution in [2.45, 2.75) is 32.8 Å². The first-order chi connectivity index (χ1) is 5.06. The Morgan fingerprint density at radius 1 is 1.64 bits per heavy atom. The molecule has 11 heavy (non-hydrogen) atoms. The van der Waals surface area contributed by atoms with Crippen LogP contribution in [0.15, 0.2) is 0 Å². The number of nitrogens with zero attached hydrogens (tertiary/aromatic N) is 1. The van der Waals surface area contributed by atoms with Gasteiger partial charge in [-0.05, 0) is 26.7 Å². The zero-order valence-corrected chi connectivity index (χ0v) is 6.76. The first kappa shape index (κ1) is 8.06. The van der Waals surface area contributed by atoms with E-state index in [1.165, 1.54) is 0 Å². The van der Waals surface area contributed by atoms with Gasteiger partial charge in [0.15, 0.2) is 0 Å². The molecule has 1 rings (SSSR count). The van der Waals surface area contributed by atoms with E-state index < -0.39 is 11.4 Å². The molecule has 1 aliphatic rings. The summed E-state index contributed by atoms with van der Waals surface area (Å²) in [5.41, 5.74) is -0.984. The van der Waals surface area contributed by atoms with Crippen LogP contribution in [0.2, 0.25) is 0 Å². The number of carbonyl (C=O) groups excluding carboxylic acids is 1. The van der Waals surface area contributed by atoms with Crippen LogP contribution in [0.25, 0.3) is 0 Å². The van der Waals surface area contributed by atoms with Crippen LogP contribution in [0.5, 0.6) is 0 Å². The molecule has 1 aliphatic carbocycles. The second kappa shape index (κ2) is 2.54. The molecule has 0 N–H and O–H groups in total. The van der Waals surface area contributed by atoms with Crippen LogP contribution < -0.4 is 0 Å². The molecule has 1 saturated carbocycles. The molecule has 0 radical (unpaired) electrons. The Morgan fingerprint density at radius 2 is 2.18 bits per heavy atom. The summed E-state index contributed by atoms with van der Waals surface area (Å²) in [6, 6.07) is 1.90. The summed E-state index contributed by atoms with van der Waals surface area (Å²) in [6.45, 7) is 3.13. The van der Waals surface area contributed by atoms with E-state index in [4.69, 9.17) is 10.00 Å². The molecule has 0 spiro atoms. The highest BCUT2D eigenvalue weighted by molar-refractivity contribution is 5.79. The summed E-state index contributed by atoms with van der Waals surface area (Å²) in [7, 11) is 0. The Balaban J connectivity index is 2.46.